The molecule has 29 heavy (non-hydrogen) atoms. The second-order valence-corrected chi connectivity index (χ2v) is 6.64. The summed E-state index contributed by atoms with van der Waals surface area (Å²) in [6.45, 7) is 4.00. The predicted octanol–water partition coefficient (Wildman–Crippen LogP) is 1.85. The molecule has 7 nitrogen and oxygen atoms in total. The van der Waals surface area contributed by atoms with E-state index in [1.807, 2.05) is 0 Å². The van der Waals surface area contributed by atoms with Gasteiger partial charge in [-0.2, -0.15) is 0 Å². The smallest absolute Gasteiger partial charge is 0.224 e. The zero-order chi connectivity index (χ0) is 20.0. The highest BCUT2D eigenvalue weighted by Gasteiger charge is 2.14. The van der Waals surface area contributed by atoms with Gasteiger partial charge in [0, 0.05) is 39.9 Å². The van der Waals surface area contributed by atoms with Crippen LogP contribution < -0.4 is 16.0 Å². The SMILES string of the molecule is CN=C(NCCCOCC1CCCO1)NCCNC(=O)Cc1ccc(F)cc1.I. The molecule has 3 N–H and O–H groups in total. The Hall–Kier alpha value is -1.46. The minimum atomic E-state index is -0.304. The summed E-state index contributed by atoms with van der Waals surface area (Å²) in [4.78, 5) is 16.0. The monoisotopic (exact) mass is 522 g/mol. The topological polar surface area (TPSA) is 84.0 Å². The molecule has 1 aliphatic heterocycles. The number of aliphatic imine (C=N–C) groups is 1. The molecule has 2 rings (SSSR count). The molecule has 0 saturated carbocycles. The van der Waals surface area contributed by atoms with Crippen molar-refractivity contribution in [2.24, 2.45) is 4.99 Å². The number of nitrogens with one attached hydrogen (secondary N) is 3. The molecule has 0 aromatic heterocycles. The van der Waals surface area contributed by atoms with Crippen molar-refractivity contribution in [2.45, 2.75) is 31.8 Å². The van der Waals surface area contributed by atoms with Gasteiger partial charge in [0.05, 0.1) is 19.1 Å². The van der Waals surface area contributed by atoms with Crippen molar-refractivity contribution in [3.63, 3.8) is 0 Å². The summed E-state index contributed by atoms with van der Waals surface area (Å²) in [7, 11) is 1.70. The van der Waals surface area contributed by atoms with E-state index in [1.165, 1.54) is 12.1 Å². The molecule has 0 bridgehead atoms. The van der Waals surface area contributed by atoms with Crippen molar-refractivity contribution in [1.29, 1.82) is 0 Å². The van der Waals surface area contributed by atoms with E-state index in [0.717, 1.165) is 38.0 Å². The fourth-order valence-electron chi connectivity index (χ4n) is 2.83. The number of ether oxygens (including phenoxy) is 2. The van der Waals surface area contributed by atoms with Crippen molar-refractivity contribution in [3.05, 3.63) is 35.6 Å². The molecular weight excluding hydrogens is 490 g/mol. The van der Waals surface area contributed by atoms with Crippen LogP contribution >= 0.6 is 24.0 Å². The molecule has 1 heterocycles. The number of carbonyl (C=O) groups is 1. The highest BCUT2D eigenvalue weighted by atomic mass is 127. The van der Waals surface area contributed by atoms with Crippen molar-refractivity contribution >= 4 is 35.8 Å². The average Bonchev–Trinajstić information content (AvgIpc) is 3.21. The lowest BCUT2D eigenvalue weighted by molar-refractivity contribution is -0.120. The Balaban J connectivity index is 0.00000420. The first-order valence-electron chi connectivity index (χ1n) is 9.82. The average molecular weight is 522 g/mol. The van der Waals surface area contributed by atoms with E-state index in [1.54, 1.807) is 19.2 Å². The van der Waals surface area contributed by atoms with Gasteiger partial charge < -0.3 is 25.4 Å². The van der Waals surface area contributed by atoms with Gasteiger partial charge >= 0.3 is 0 Å². The number of guanidine groups is 1. The Morgan fingerprint density at radius 1 is 1.21 bits per heavy atom. The summed E-state index contributed by atoms with van der Waals surface area (Å²) >= 11 is 0. The summed E-state index contributed by atoms with van der Waals surface area (Å²) < 4.78 is 24.0. The molecule has 0 radical (unpaired) electrons. The van der Waals surface area contributed by atoms with Gasteiger partial charge in [-0.3, -0.25) is 9.79 Å². The normalized spacial score (nSPS) is 16.2. The molecule has 0 spiro atoms. The van der Waals surface area contributed by atoms with Crippen LogP contribution in [0.2, 0.25) is 0 Å². The van der Waals surface area contributed by atoms with Gasteiger partial charge in [0.1, 0.15) is 5.82 Å². The molecule has 1 unspecified atom stereocenters. The maximum absolute atomic E-state index is 12.9. The second kappa shape index (κ2) is 15.4. The van der Waals surface area contributed by atoms with Gasteiger partial charge in [0.25, 0.3) is 0 Å². The number of benzene rings is 1. The van der Waals surface area contributed by atoms with E-state index < -0.39 is 0 Å². The maximum Gasteiger partial charge on any atom is 0.224 e. The maximum atomic E-state index is 12.9. The molecular formula is C20H32FIN4O3. The van der Waals surface area contributed by atoms with Crippen LogP contribution in [0.25, 0.3) is 0 Å². The Bertz CT molecular complexity index is 610. The van der Waals surface area contributed by atoms with E-state index in [4.69, 9.17) is 9.47 Å². The Labute approximate surface area is 189 Å². The van der Waals surface area contributed by atoms with Crippen LogP contribution in [-0.4, -0.2) is 64.5 Å². The molecule has 1 saturated heterocycles. The first kappa shape index (κ1) is 25.6. The van der Waals surface area contributed by atoms with Crippen LogP contribution in [0, 0.1) is 5.82 Å². The summed E-state index contributed by atoms with van der Waals surface area (Å²) in [5, 5.41) is 9.18. The van der Waals surface area contributed by atoms with Crippen LogP contribution in [0.4, 0.5) is 4.39 Å². The first-order valence-corrected chi connectivity index (χ1v) is 9.82. The summed E-state index contributed by atoms with van der Waals surface area (Å²) in [5.41, 5.74) is 0.783. The third-order valence-corrected chi connectivity index (χ3v) is 4.33. The van der Waals surface area contributed by atoms with Crippen molar-refractivity contribution in [2.75, 3.05) is 46.5 Å². The summed E-state index contributed by atoms with van der Waals surface area (Å²) in [5.74, 6) is 0.285. The van der Waals surface area contributed by atoms with E-state index >= 15 is 0 Å². The molecule has 9 heteroatoms. The van der Waals surface area contributed by atoms with Crippen LogP contribution in [0.1, 0.15) is 24.8 Å². The first-order chi connectivity index (χ1) is 13.7. The largest absolute Gasteiger partial charge is 0.379 e. The van der Waals surface area contributed by atoms with Gasteiger partial charge in [0.2, 0.25) is 5.91 Å². The third kappa shape index (κ3) is 11.3. The van der Waals surface area contributed by atoms with Crippen LogP contribution in [0.15, 0.2) is 29.3 Å². The molecule has 1 amide bonds. The van der Waals surface area contributed by atoms with Crippen LogP contribution in [-0.2, 0) is 20.7 Å². The number of hydrogen-bond acceptors (Lipinski definition) is 4. The number of halogens is 2. The van der Waals surface area contributed by atoms with Crippen LogP contribution in [0.3, 0.4) is 0 Å². The quantitative estimate of drug-likeness (QED) is 0.179. The Kier molecular flexibility index (Phi) is 13.6. The van der Waals surface area contributed by atoms with Crippen LogP contribution in [0.5, 0.6) is 0 Å². The van der Waals surface area contributed by atoms with Crippen molar-refractivity contribution < 1.29 is 18.7 Å². The fourth-order valence-corrected chi connectivity index (χ4v) is 2.83. The Morgan fingerprint density at radius 3 is 2.62 bits per heavy atom. The lowest BCUT2D eigenvalue weighted by atomic mass is 10.1. The zero-order valence-corrected chi connectivity index (χ0v) is 19.2. The van der Waals surface area contributed by atoms with E-state index in [2.05, 4.69) is 20.9 Å². The van der Waals surface area contributed by atoms with Crippen molar-refractivity contribution in [1.82, 2.24) is 16.0 Å². The molecule has 1 fully saturated rings. The third-order valence-electron chi connectivity index (χ3n) is 4.33. The standard InChI is InChI=1S/C20H31FN4O3.HI/c1-22-20(24-9-3-12-27-15-18-4-2-13-28-18)25-11-10-23-19(26)14-16-5-7-17(21)8-6-16;/h5-8,18H,2-4,9-15H2,1H3,(H,23,26)(H2,22,24,25);1H. The number of hydrogen-bond donors (Lipinski definition) is 3. The molecule has 1 atom stereocenters. The highest BCUT2D eigenvalue weighted by molar-refractivity contribution is 14.0. The minimum Gasteiger partial charge on any atom is -0.379 e. The summed E-state index contributed by atoms with van der Waals surface area (Å²) in [6, 6.07) is 5.94. The number of rotatable bonds is 11. The summed E-state index contributed by atoms with van der Waals surface area (Å²) in [6.07, 6.45) is 3.60. The van der Waals surface area contributed by atoms with E-state index in [0.29, 0.717) is 32.3 Å². The number of carbonyl (C=O) groups excluding carboxylic acids is 1. The second-order valence-electron chi connectivity index (χ2n) is 6.64. The fraction of sp³-hybridized carbons (Fsp3) is 0.600. The van der Waals surface area contributed by atoms with Gasteiger partial charge in [-0.1, -0.05) is 12.1 Å². The molecule has 164 valence electrons. The van der Waals surface area contributed by atoms with Gasteiger partial charge in [-0.15, -0.1) is 24.0 Å². The predicted molar refractivity (Wildman–Crippen MR) is 122 cm³/mol. The highest BCUT2D eigenvalue weighted by Crippen LogP contribution is 2.11. The van der Waals surface area contributed by atoms with E-state index in [9.17, 15) is 9.18 Å². The molecule has 1 aromatic rings. The molecule has 1 aliphatic rings. The van der Waals surface area contributed by atoms with Gasteiger partial charge in [-0.25, -0.2) is 4.39 Å². The molecule has 1 aromatic carbocycles. The van der Waals surface area contributed by atoms with Gasteiger partial charge in [0.15, 0.2) is 5.96 Å². The van der Waals surface area contributed by atoms with Crippen molar-refractivity contribution in [3.8, 4) is 0 Å². The lowest BCUT2D eigenvalue weighted by Crippen LogP contribution is -2.42. The van der Waals surface area contributed by atoms with E-state index in [-0.39, 0.29) is 48.2 Å². The molecule has 0 aliphatic carbocycles. The number of nitrogens with zero attached hydrogens (tertiary/aromatic N) is 1. The lowest BCUT2D eigenvalue weighted by Gasteiger charge is -2.13. The zero-order valence-electron chi connectivity index (χ0n) is 16.9. The number of amides is 1. The minimum absolute atomic E-state index is 0. The van der Waals surface area contributed by atoms with Gasteiger partial charge in [-0.05, 0) is 37.0 Å². The Morgan fingerprint density at radius 2 is 1.93 bits per heavy atom.